The molecular formula is C42H27N3O. The molecule has 0 radical (unpaired) electrons. The zero-order valence-electron chi connectivity index (χ0n) is 24.8. The molecule has 46 heavy (non-hydrogen) atoms. The third kappa shape index (κ3) is 3.80. The first-order valence-electron chi connectivity index (χ1n) is 15.7. The molecule has 216 valence electrons. The topological polar surface area (TPSA) is 43.3 Å². The fourth-order valence-corrected chi connectivity index (χ4v) is 7.53. The van der Waals surface area contributed by atoms with Crippen molar-refractivity contribution >= 4 is 49.8 Å². The van der Waals surface area contributed by atoms with Gasteiger partial charge < -0.3 is 8.82 Å². The average Bonchev–Trinajstić information content (AvgIpc) is 3.71. The first kappa shape index (κ1) is 25.3. The standard InChI is InChI=1S/C42H27N3O/c1-6-14-36-28(9-1)23-35-34-24-29(20-21-38(34)46-42(35)44-36)41-32-12-4-2-10-30(32)40(31-11-3-5-13-33(31)41)27-18-16-26(17-19-27)37-25-45-22-8-7-15-39(45)43-37/h1-25,30,32H. The fourth-order valence-electron chi connectivity index (χ4n) is 7.53. The van der Waals surface area contributed by atoms with Crippen LogP contribution in [0.5, 0.6) is 0 Å². The minimum atomic E-state index is 0.197. The Kier molecular flexibility index (Phi) is 5.37. The highest BCUT2D eigenvalue weighted by Crippen LogP contribution is 2.42. The molecule has 2 aliphatic rings. The second-order valence-corrected chi connectivity index (χ2v) is 12.2. The Morgan fingerprint density at radius 2 is 1.28 bits per heavy atom. The number of furan rings is 1. The van der Waals surface area contributed by atoms with Gasteiger partial charge in [0.05, 0.1) is 11.2 Å². The molecule has 2 aliphatic carbocycles. The lowest BCUT2D eigenvalue weighted by Gasteiger charge is -2.33. The van der Waals surface area contributed by atoms with Crippen molar-refractivity contribution in [2.75, 3.05) is 0 Å². The maximum absolute atomic E-state index is 6.26. The number of para-hydroxylation sites is 1. The van der Waals surface area contributed by atoms with Crippen molar-refractivity contribution < 1.29 is 4.42 Å². The monoisotopic (exact) mass is 589 g/mol. The quantitative estimate of drug-likeness (QED) is 0.209. The third-order valence-corrected chi connectivity index (χ3v) is 9.64. The molecule has 2 unspecified atom stereocenters. The highest BCUT2D eigenvalue weighted by molar-refractivity contribution is 6.08. The number of hydrogen-bond acceptors (Lipinski definition) is 3. The molecule has 0 amide bonds. The number of allylic oxidation sites excluding steroid dienone is 4. The van der Waals surface area contributed by atoms with Crippen LogP contribution in [0.4, 0.5) is 0 Å². The first-order chi connectivity index (χ1) is 22.8. The molecule has 0 saturated heterocycles. The van der Waals surface area contributed by atoms with Gasteiger partial charge in [0.15, 0.2) is 0 Å². The van der Waals surface area contributed by atoms with E-state index in [0.29, 0.717) is 5.71 Å². The molecule has 0 N–H and O–H groups in total. The van der Waals surface area contributed by atoms with Gasteiger partial charge in [0.25, 0.3) is 0 Å². The summed E-state index contributed by atoms with van der Waals surface area (Å²) in [5, 5.41) is 5.82. The van der Waals surface area contributed by atoms with Crippen molar-refractivity contribution in [2.24, 2.45) is 11.8 Å². The van der Waals surface area contributed by atoms with E-state index in [9.17, 15) is 0 Å². The predicted octanol–water partition coefficient (Wildman–Crippen LogP) is 8.22. The van der Waals surface area contributed by atoms with E-state index in [1.165, 1.54) is 32.7 Å². The Hall–Kier alpha value is -6.00. The first-order valence-corrected chi connectivity index (χ1v) is 15.7. The van der Waals surface area contributed by atoms with Gasteiger partial charge in [0.1, 0.15) is 11.2 Å². The normalized spacial score (nSPS) is 17.3. The molecule has 10 rings (SSSR count). The van der Waals surface area contributed by atoms with Crippen molar-refractivity contribution in [3.05, 3.63) is 174 Å². The van der Waals surface area contributed by atoms with Gasteiger partial charge in [-0.3, -0.25) is 0 Å². The van der Waals surface area contributed by atoms with Gasteiger partial charge in [-0.2, -0.15) is 0 Å². The number of aromatic nitrogens is 3. The summed E-state index contributed by atoms with van der Waals surface area (Å²) in [7, 11) is 0. The molecule has 4 nitrogen and oxygen atoms in total. The Morgan fingerprint density at radius 1 is 0.587 bits per heavy atom. The van der Waals surface area contributed by atoms with Crippen molar-refractivity contribution in [1.82, 2.24) is 14.4 Å². The number of benzene rings is 4. The number of fused-ring (bicyclic) bond motifs is 7. The summed E-state index contributed by atoms with van der Waals surface area (Å²) >= 11 is 0. The van der Waals surface area contributed by atoms with Gasteiger partial charge in [-0.25, -0.2) is 9.97 Å². The minimum absolute atomic E-state index is 0.197. The molecule has 4 heteroatoms. The number of nitrogens with zero attached hydrogens (tertiary/aromatic N) is 3. The van der Waals surface area contributed by atoms with Crippen LogP contribution in [-0.4, -0.2) is 14.4 Å². The Bertz CT molecular complexity index is 2670. The van der Waals surface area contributed by atoms with Gasteiger partial charge >= 0.3 is 0 Å². The lowest BCUT2D eigenvalue weighted by Crippen LogP contribution is -2.40. The van der Waals surface area contributed by atoms with E-state index in [2.05, 4.69) is 120 Å². The smallest absolute Gasteiger partial charge is 0.227 e. The van der Waals surface area contributed by atoms with Crippen LogP contribution in [0.15, 0.2) is 156 Å². The zero-order chi connectivity index (χ0) is 30.2. The lowest BCUT2D eigenvalue weighted by molar-refractivity contribution is 0.655. The molecular weight excluding hydrogens is 562 g/mol. The second-order valence-electron chi connectivity index (χ2n) is 12.2. The van der Waals surface area contributed by atoms with E-state index in [1.54, 1.807) is 0 Å². The molecule has 4 heterocycles. The summed E-state index contributed by atoms with van der Waals surface area (Å²) in [6.07, 6.45) is 13.3. The third-order valence-electron chi connectivity index (χ3n) is 9.64. The zero-order valence-corrected chi connectivity index (χ0v) is 24.8. The minimum Gasteiger partial charge on any atom is -0.438 e. The van der Waals surface area contributed by atoms with Crippen LogP contribution >= 0.6 is 0 Å². The molecule has 0 aliphatic heterocycles. The summed E-state index contributed by atoms with van der Waals surface area (Å²) in [4.78, 5) is 9.68. The number of imidazole rings is 1. The maximum Gasteiger partial charge on any atom is 0.227 e. The van der Waals surface area contributed by atoms with E-state index in [-0.39, 0.29) is 11.8 Å². The second kappa shape index (κ2) is 9.75. The molecule has 8 aromatic rings. The van der Waals surface area contributed by atoms with Crippen LogP contribution in [0.1, 0.15) is 11.1 Å². The van der Waals surface area contributed by atoms with Gasteiger partial charge in [0.2, 0.25) is 5.71 Å². The van der Waals surface area contributed by atoms with Crippen LogP contribution in [0, 0.1) is 11.8 Å². The van der Waals surface area contributed by atoms with E-state index in [4.69, 9.17) is 14.4 Å². The Balaban J connectivity index is 1.17. The van der Waals surface area contributed by atoms with Crippen LogP contribution in [0.2, 0.25) is 0 Å². The fraction of sp³-hybridized carbons (Fsp3) is 0.0476. The summed E-state index contributed by atoms with van der Waals surface area (Å²) in [6.45, 7) is 0. The van der Waals surface area contributed by atoms with E-state index >= 15 is 0 Å². The predicted molar refractivity (Wildman–Crippen MR) is 186 cm³/mol. The van der Waals surface area contributed by atoms with Crippen LogP contribution in [0.25, 0.3) is 61.0 Å². The van der Waals surface area contributed by atoms with Crippen LogP contribution in [0.3, 0.4) is 0 Å². The molecule has 4 aromatic heterocycles. The van der Waals surface area contributed by atoms with Gasteiger partial charge in [-0.1, -0.05) is 103 Å². The summed E-state index contributed by atoms with van der Waals surface area (Å²) in [5.74, 6) is 0.404. The summed E-state index contributed by atoms with van der Waals surface area (Å²) < 4.78 is 8.33. The highest BCUT2D eigenvalue weighted by Gasteiger charge is 2.32. The van der Waals surface area contributed by atoms with Crippen LogP contribution in [-0.2, 0) is 0 Å². The summed E-state index contributed by atoms with van der Waals surface area (Å²) in [5.41, 5.74) is 10.7. The molecule has 0 saturated carbocycles. The van der Waals surface area contributed by atoms with Crippen molar-refractivity contribution in [2.45, 2.75) is 0 Å². The van der Waals surface area contributed by atoms with Gasteiger partial charge in [-0.05, 0) is 69.1 Å². The largest absolute Gasteiger partial charge is 0.438 e. The molecule has 0 fully saturated rings. The Labute approximate surface area is 264 Å². The van der Waals surface area contributed by atoms with Gasteiger partial charge in [0, 0.05) is 46.0 Å². The van der Waals surface area contributed by atoms with Crippen molar-refractivity contribution in [1.29, 1.82) is 0 Å². The lowest BCUT2D eigenvalue weighted by atomic mass is 9.70. The van der Waals surface area contributed by atoms with Crippen LogP contribution < -0.4 is 10.4 Å². The molecule has 2 atom stereocenters. The van der Waals surface area contributed by atoms with E-state index in [1.807, 2.05) is 36.5 Å². The Morgan fingerprint density at radius 3 is 2.09 bits per heavy atom. The van der Waals surface area contributed by atoms with E-state index in [0.717, 1.165) is 44.2 Å². The SMILES string of the molecule is C1=CC2C(c3ccc(-c4cn5ccccc5n4)cc3)=c3ccccc3=C(c3ccc4oc5nc6ccccc6cc5c4c3)C2C=C1. The average molecular weight is 590 g/mol. The van der Waals surface area contributed by atoms with Gasteiger partial charge in [-0.15, -0.1) is 0 Å². The highest BCUT2D eigenvalue weighted by atomic mass is 16.3. The van der Waals surface area contributed by atoms with Crippen molar-refractivity contribution in [3.8, 4) is 11.3 Å². The maximum atomic E-state index is 6.26. The molecule has 0 spiro atoms. The molecule has 0 bridgehead atoms. The molecule has 4 aromatic carbocycles. The number of hydrogen-bond donors (Lipinski definition) is 0. The van der Waals surface area contributed by atoms with Crippen molar-refractivity contribution in [3.63, 3.8) is 0 Å². The summed E-state index contributed by atoms with van der Waals surface area (Å²) in [6, 6.07) is 41.0. The van der Waals surface area contributed by atoms with E-state index < -0.39 is 0 Å². The number of rotatable bonds is 3. The number of pyridine rings is 2.